The van der Waals surface area contributed by atoms with Crippen molar-refractivity contribution < 1.29 is 8.83 Å². The average molecular weight is 754 g/mol. The van der Waals surface area contributed by atoms with Crippen LogP contribution in [-0.2, 0) is 0 Å². The fourth-order valence-electron chi connectivity index (χ4n) is 9.19. The number of benzene rings is 10. The Balaban J connectivity index is 1.07. The first-order valence-corrected chi connectivity index (χ1v) is 20.1. The lowest BCUT2D eigenvalue weighted by atomic mass is 9.92. The molecule has 0 unspecified atom stereocenters. The SMILES string of the molecule is c1ccc(-c2ccccc2-c2cccc3oc4c(N(c5ccc(-c6cccc7ccccc67)cc5)c5ccc6c(c5)oc5ccc7ccccc7c56)cccc4c23)cc1. The van der Waals surface area contributed by atoms with Crippen molar-refractivity contribution in [3.8, 4) is 33.4 Å². The zero-order valence-electron chi connectivity index (χ0n) is 32.0. The van der Waals surface area contributed by atoms with Crippen molar-refractivity contribution in [2.45, 2.75) is 0 Å². The Morgan fingerprint density at radius 2 is 0.915 bits per heavy atom. The van der Waals surface area contributed by atoms with Crippen molar-refractivity contribution in [3.05, 3.63) is 212 Å². The van der Waals surface area contributed by atoms with Crippen LogP contribution < -0.4 is 4.90 Å². The lowest BCUT2D eigenvalue weighted by Gasteiger charge is -2.25. The summed E-state index contributed by atoms with van der Waals surface area (Å²) in [7, 11) is 0. The summed E-state index contributed by atoms with van der Waals surface area (Å²) in [4.78, 5) is 2.31. The molecule has 3 nitrogen and oxygen atoms in total. The molecule has 10 aromatic carbocycles. The minimum atomic E-state index is 0.820. The Morgan fingerprint density at radius 1 is 0.305 bits per heavy atom. The third-order valence-electron chi connectivity index (χ3n) is 11.9. The first kappa shape index (κ1) is 33.3. The van der Waals surface area contributed by atoms with Crippen molar-refractivity contribution in [2.24, 2.45) is 0 Å². The summed E-state index contributed by atoms with van der Waals surface area (Å²) in [5.41, 5.74) is 13.4. The smallest absolute Gasteiger partial charge is 0.159 e. The van der Waals surface area contributed by atoms with Gasteiger partial charge in [-0.2, -0.15) is 0 Å². The maximum atomic E-state index is 6.98. The van der Waals surface area contributed by atoms with E-state index >= 15 is 0 Å². The number of anilines is 3. The molecule has 2 heterocycles. The predicted octanol–water partition coefficient (Wildman–Crippen LogP) is 16.3. The molecule has 0 bridgehead atoms. The molecule has 0 aliphatic carbocycles. The lowest BCUT2D eigenvalue weighted by molar-refractivity contribution is 0.667. The number of para-hydroxylation sites is 1. The Labute approximate surface area is 340 Å². The molecule has 0 fully saturated rings. The molecule has 0 saturated carbocycles. The van der Waals surface area contributed by atoms with E-state index in [1.807, 2.05) is 0 Å². The van der Waals surface area contributed by atoms with Gasteiger partial charge in [0.25, 0.3) is 0 Å². The van der Waals surface area contributed by atoms with E-state index in [2.05, 4.69) is 217 Å². The second-order valence-electron chi connectivity index (χ2n) is 15.2. The second kappa shape index (κ2) is 13.4. The monoisotopic (exact) mass is 753 g/mol. The van der Waals surface area contributed by atoms with Gasteiger partial charge >= 0.3 is 0 Å². The van der Waals surface area contributed by atoms with Crippen molar-refractivity contribution in [1.82, 2.24) is 0 Å². The molecule has 0 amide bonds. The van der Waals surface area contributed by atoms with Gasteiger partial charge in [0, 0.05) is 33.3 Å². The largest absolute Gasteiger partial charge is 0.456 e. The second-order valence-corrected chi connectivity index (χ2v) is 15.2. The zero-order chi connectivity index (χ0) is 38.9. The van der Waals surface area contributed by atoms with Crippen LogP contribution in [0.3, 0.4) is 0 Å². The van der Waals surface area contributed by atoms with E-state index < -0.39 is 0 Å². The average Bonchev–Trinajstić information content (AvgIpc) is 3.89. The molecule has 0 aliphatic heterocycles. The molecule has 0 spiro atoms. The number of fused-ring (bicyclic) bond motifs is 9. The van der Waals surface area contributed by atoms with Crippen LogP contribution in [0, 0.1) is 0 Å². The van der Waals surface area contributed by atoms with E-state index in [1.165, 1.54) is 43.8 Å². The molecule has 0 aliphatic rings. The quantitative estimate of drug-likeness (QED) is 0.169. The van der Waals surface area contributed by atoms with Crippen LogP contribution in [0.1, 0.15) is 0 Å². The van der Waals surface area contributed by atoms with Gasteiger partial charge in [-0.25, -0.2) is 0 Å². The van der Waals surface area contributed by atoms with Gasteiger partial charge in [-0.3, -0.25) is 0 Å². The number of rotatable bonds is 6. The molecule has 3 heteroatoms. The van der Waals surface area contributed by atoms with E-state index in [0.717, 1.165) is 72.1 Å². The molecule has 2 aromatic heterocycles. The summed E-state index contributed by atoms with van der Waals surface area (Å²) in [6, 6.07) is 75.5. The summed E-state index contributed by atoms with van der Waals surface area (Å²) in [6.07, 6.45) is 0. The van der Waals surface area contributed by atoms with Gasteiger partial charge < -0.3 is 13.7 Å². The van der Waals surface area contributed by atoms with Crippen LogP contribution in [0.5, 0.6) is 0 Å². The van der Waals surface area contributed by atoms with Crippen molar-refractivity contribution in [1.29, 1.82) is 0 Å². The summed E-state index contributed by atoms with van der Waals surface area (Å²) in [5.74, 6) is 0. The molecule has 12 rings (SSSR count). The number of nitrogens with zero attached hydrogens (tertiary/aromatic N) is 1. The number of hydrogen-bond donors (Lipinski definition) is 0. The fourth-order valence-corrected chi connectivity index (χ4v) is 9.19. The standard InChI is InChI=1S/C56H35NO2/c1-2-13-36(14-3-1)44-19-8-9-21-46(44)47-23-12-26-51-55(47)49-24-11-25-50(56(49)59-51)57(40-30-27-39(28-31-40)43-22-10-17-37-15-4-6-18-42(37)43)41-32-33-48-53(35-41)58-52-34-29-38-16-5-7-20-45(38)54(48)52/h1-35H. The molecule has 0 atom stereocenters. The van der Waals surface area contributed by atoms with Crippen LogP contribution >= 0.6 is 0 Å². The van der Waals surface area contributed by atoms with E-state index in [-0.39, 0.29) is 0 Å². The third-order valence-corrected chi connectivity index (χ3v) is 11.9. The van der Waals surface area contributed by atoms with Gasteiger partial charge in [-0.15, -0.1) is 0 Å². The van der Waals surface area contributed by atoms with E-state index in [4.69, 9.17) is 8.83 Å². The number of furan rings is 2. The minimum absolute atomic E-state index is 0.820. The molecule has 59 heavy (non-hydrogen) atoms. The van der Waals surface area contributed by atoms with Crippen molar-refractivity contribution >= 4 is 82.5 Å². The molecular formula is C56H35NO2. The van der Waals surface area contributed by atoms with Crippen LogP contribution in [0.15, 0.2) is 221 Å². The topological polar surface area (TPSA) is 29.5 Å². The normalized spacial score (nSPS) is 11.7. The molecular weight excluding hydrogens is 719 g/mol. The Kier molecular flexibility index (Phi) is 7.54. The molecule has 0 saturated heterocycles. The molecule has 0 N–H and O–H groups in total. The zero-order valence-corrected chi connectivity index (χ0v) is 32.0. The van der Waals surface area contributed by atoms with Crippen LogP contribution in [-0.4, -0.2) is 0 Å². The van der Waals surface area contributed by atoms with Gasteiger partial charge in [0.1, 0.15) is 16.7 Å². The maximum Gasteiger partial charge on any atom is 0.159 e. The Bertz CT molecular complexity index is 3550. The highest BCUT2D eigenvalue weighted by Crippen LogP contribution is 2.47. The molecule has 276 valence electrons. The first-order chi connectivity index (χ1) is 29.3. The Morgan fingerprint density at radius 3 is 1.78 bits per heavy atom. The minimum Gasteiger partial charge on any atom is -0.456 e. The van der Waals surface area contributed by atoms with E-state index in [1.54, 1.807) is 0 Å². The van der Waals surface area contributed by atoms with Crippen LogP contribution in [0.2, 0.25) is 0 Å². The fraction of sp³-hybridized carbons (Fsp3) is 0. The highest BCUT2D eigenvalue weighted by atomic mass is 16.3. The molecule has 12 aromatic rings. The third kappa shape index (κ3) is 5.36. The predicted molar refractivity (Wildman–Crippen MR) is 247 cm³/mol. The van der Waals surface area contributed by atoms with Crippen LogP contribution in [0.4, 0.5) is 17.1 Å². The van der Waals surface area contributed by atoms with Gasteiger partial charge in [-0.1, -0.05) is 164 Å². The summed E-state index contributed by atoms with van der Waals surface area (Å²) in [5, 5.41) is 9.23. The van der Waals surface area contributed by atoms with Gasteiger partial charge in [0.2, 0.25) is 0 Å². The van der Waals surface area contributed by atoms with Crippen LogP contribution in [0.25, 0.3) is 98.8 Å². The number of hydrogen-bond acceptors (Lipinski definition) is 3. The highest BCUT2D eigenvalue weighted by Gasteiger charge is 2.23. The Hall–Kier alpha value is -7.88. The van der Waals surface area contributed by atoms with E-state index in [0.29, 0.717) is 0 Å². The van der Waals surface area contributed by atoms with Crippen molar-refractivity contribution in [2.75, 3.05) is 4.90 Å². The van der Waals surface area contributed by atoms with Gasteiger partial charge in [0.15, 0.2) is 5.58 Å². The first-order valence-electron chi connectivity index (χ1n) is 20.1. The molecule has 0 radical (unpaired) electrons. The maximum absolute atomic E-state index is 6.98. The van der Waals surface area contributed by atoms with Gasteiger partial charge in [-0.05, 0) is 97.4 Å². The van der Waals surface area contributed by atoms with E-state index in [9.17, 15) is 0 Å². The summed E-state index contributed by atoms with van der Waals surface area (Å²) >= 11 is 0. The summed E-state index contributed by atoms with van der Waals surface area (Å²) in [6.45, 7) is 0. The highest BCUT2D eigenvalue weighted by molar-refractivity contribution is 6.20. The summed E-state index contributed by atoms with van der Waals surface area (Å²) < 4.78 is 13.6. The van der Waals surface area contributed by atoms with Crippen molar-refractivity contribution in [3.63, 3.8) is 0 Å². The van der Waals surface area contributed by atoms with Gasteiger partial charge in [0.05, 0.1) is 11.4 Å². The lowest BCUT2D eigenvalue weighted by Crippen LogP contribution is -2.10.